The summed E-state index contributed by atoms with van der Waals surface area (Å²) in [6, 6.07) is 1.94. The van der Waals surface area contributed by atoms with E-state index < -0.39 is 24.6 Å². The van der Waals surface area contributed by atoms with E-state index in [1.165, 1.54) is 0 Å². The van der Waals surface area contributed by atoms with Crippen molar-refractivity contribution in [3.8, 4) is 0 Å². The quantitative estimate of drug-likeness (QED) is 0.833. The SMILES string of the molecule is [2H]c1c(C)c(Cl)cc2c1CC1=C2CC([2H])([2H])C([2H])([2H])C1C(N)=O. The number of amides is 1. The highest BCUT2D eigenvalue weighted by Crippen LogP contribution is 2.45. The predicted octanol–water partition coefficient (Wildman–Crippen LogP) is 3.24. The van der Waals surface area contributed by atoms with Crippen LogP contribution in [0.3, 0.4) is 0 Å². The minimum Gasteiger partial charge on any atom is -0.369 e. The number of benzene rings is 1. The van der Waals surface area contributed by atoms with E-state index in [1.807, 2.05) is 0 Å². The second-order valence-electron chi connectivity index (χ2n) is 4.65. The van der Waals surface area contributed by atoms with Gasteiger partial charge in [0.1, 0.15) is 0 Å². The van der Waals surface area contributed by atoms with Gasteiger partial charge in [-0.2, -0.15) is 0 Å². The average molecular weight is 267 g/mol. The van der Waals surface area contributed by atoms with Gasteiger partial charge in [0.15, 0.2) is 0 Å². The Hall–Kier alpha value is -1.28. The van der Waals surface area contributed by atoms with Crippen molar-refractivity contribution in [1.29, 1.82) is 0 Å². The summed E-state index contributed by atoms with van der Waals surface area (Å²) in [6.07, 6.45) is -4.54. The molecule has 18 heavy (non-hydrogen) atoms. The van der Waals surface area contributed by atoms with Gasteiger partial charge in [0.2, 0.25) is 5.91 Å². The van der Waals surface area contributed by atoms with Gasteiger partial charge in [-0.25, -0.2) is 0 Å². The van der Waals surface area contributed by atoms with Gasteiger partial charge in [-0.1, -0.05) is 17.6 Å². The molecule has 1 amide bonds. The zero-order chi connectivity index (χ0) is 17.3. The zero-order valence-corrected chi connectivity index (χ0v) is 10.7. The van der Waals surface area contributed by atoms with Gasteiger partial charge in [-0.3, -0.25) is 4.79 Å². The maximum atomic E-state index is 11.9. The summed E-state index contributed by atoms with van der Waals surface area (Å²) in [5.41, 5.74) is 8.38. The fraction of sp³-hybridized carbons (Fsp3) is 0.400. The van der Waals surface area contributed by atoms with Crippen LogP contribution in [0.2, 0.25) is 5.02 Å². The van der Waals surface area contributed by atoms with Crippen molar-refractivity contribution < 1.29 is 11.6 Å². The lowest BCUT2D eigenvalue weighted by atomic mass is 9.82. The summed E-state index contributed by atoms with van der Waals surface area (Å²) in [7, 11) is 0. The van der Waals surface area contributed by atoms with Gasteiger partial charge < -0.3 is 5.73 Å². The molecule has 0 aromatic heterocycles. The minimum atomic E-state index is -2.39. The number of allylic oxidation sites excluding steroid dienone is 1. The molecule has 3 rings (SSSR count). The molecule has 2 aliphatic rings. The lowest BCUT2D eigenvalue weighted by molar-refractivity contribution is -0.121. The van der Waals surface area contributed by atoms with Gasteiger partial charge in [-0.05, 0) is 66.4 Å². The van der Waals surface area contributed by atoms with Crippen molar-refractivity contribution in [2.45, 2.75) is 32.5 Å². The molecule has 2 nitrogen and oxygen atoms in total. The average Bonchev–Trinajstić information content (AvgIpc) is 2.74. The van der Waals surface area contributed by atoms with E-state index in [4.69, 9.17) is 24.2 Å². The third-order valence-corrected chi connectivity index (χ3v) is 3.91. The number of rotatable bonds is 1. The largest absolute Gasteiger partial charge is 0.369 e. The van der Waals surface area contributed by atoms with Crippen LogP contribution < -0.4 is 5.73 Å². The van der Waals surface area contributed by atoms with Crippen LogP contribution in [-0.4, -0.2) is 5.91 Å². The number of hydrogen-bond donors (Lipinski definition) is 1. The van der Waals surface area contributed by atoms with Gasteiger partial charge in [0.05, 0.1) is 7.29 Å². The highest BCUT2D eigenvalue weighted by atomic mass is 35.5. The third kappa shape index (κ3) is 1.67. The fourth-order valence-corrected chi connectivity index (χ4v) is 2.77. The highest BCUT2D eigenvalue weighted by molar-refractivity contribution is 6.31. The van der Waals surface area contributed by atoms with Gasteiger partial charge in [0.25, 0.3) is 0 Å². The number of nitrogens with two attached hydrogens (primary N) is 1. The first kappa shape index (κ1) is 7.34. The number of hydrogen-bond acceptors (Lipinski definition) is 1. The van der Waals surface area contributed by atoms with E-state index in [2.05, 4.69) is 0 Å². The van der Waals surface area contributed by atoms with Crippen molar-refractivity contribution >= 4 is 23.1 Å². The van der Waals surface area contributed by atoms with Crippen molar-refractivity contribution in [1.82, 2.24) is 0 Å². The molecule has 0 heterocycles. The first-order valence-electron chi connectivity index (χ1n) is 8.29. The zero-order valence-electron chi connectivity index (χ0n) is 14.9. The molecule has 1 aromatic carbocycles. The van der Waals surface area contributed by atoms with E-state index in [0.717, 1.165) is 0 Å². The molecule has 1 atom stereocenters. The summed E-state index contributed by atoms with van der Waals surface area (Å²) in [5.74, 6) is -2.22. The number of carbonyl (C=O) groups is 1. The molecule has 0 saturated heterocycles. The lowest BCUT2D eigenvalue weighted by Gasteiger charge is -2.22. The summed E-state index contributed by atoms with van der Waals surface area (Å²) in [4.78, 5) is 11.9. The molecule has 0 radical (unpaired) electrons. The third-order valence-electron chi connectivity index (χ3n) is 3.52. The smallest absolute Gasteiger partial charge is 0.224 e. The molecule has 0 bridgehead atoms. The van der Waals surface area contributed by atoms with Gasteiger partial charge in [0, 0.05) is 10.5 Å². The van der Waals surface area contributed by atoms with Crippen LogP contribution in [0.4, 0.5) is 0 Å². The maximum absolute atomic E-state index is 11.9. The summed E-state index contributed by atoms with van der Waals surface area (Å²) in [6.45, 7) is 1.73. The monoisotopic (exact) mass is 266 g/mol. The Morgan fingerprint density at radius 1 is 1.67 bits per heavy atom. The molecule has 0 spiro atoms. The van der Waals surface area contributed by atoms with E-state index >= 15 is 0 Å². The molecule has 1 aromatic rings. The Morgan fingerprint density at radius 2 is 2.44 bits per heavy atom. The topological polar surface area (TPSA) is 43.1 Å². The maximum Gasteiger partial charge on any atom is 0.224 e. The second kappa shape index (κ2) is 4.13. The summed E-state index contributed by atoms with van der Waals surface area (Å²) >= 11 is 6.15. The van der Waals surface area contributed by atoms with Crippen LogP contribution in [0, 0.1) is 12.8 Å². The standard InChI is InChI=1S/C15H16ClNO/c1-8-5-9-6-13-10(12(9)7-14(8)16)3-2-4-11(13)15(17)18/h5,7,11H,2-4,6H2,1H3,(H2,17,18)/i2D2,4D2,5D. The molecule has 94 valence electrons. The molecule has 0 fully saturated rings. The Labute approximate surface area is 119 Å². The first-order chi connectivity index (χ1) is 10.5. The minimum absolute atomic E-state index is 0.162. The Bertz CT molecular complexity index is 772. The highest BCUT2D eigenvalue weighted by Gasteiger charge is 2.33. The Morgan fingerprint density at radius 3 is 3.17 bits per heavy atom. The van der Waals surface area contributed by atoms with Crippen molar-refractivity contribution in [3.63, 3.8) is 0 Å². The molecule has 3 heteroatoms. The summed E-state index contributed by atoms with van der Waals surface area (Å²) in [5, 5.41) is 0.410. The van der Waals surface area contributed by atoms with Crippen molar-refractivity contribution in [2.24, 2.45) is 11.7 Å². The molecular weight excluding hydrogens is 246 g/mol. The molecule has 2 aliphatic carbocycles. The van der Waals surface area contributed by atoms with E-state index in [9.17, 15) is 4.79 Å². The molecular formula is C15H16ClNO. The number of carbonyl (C=O) groups excluding carboxylic acids is 1. The van der Waals surface area contributed by atoms with Crippen molar-refractivity contribution in [2.75, 3.05) is 0 Å². The fourth-order valence-electron chi connectivity index (χ4n) is 2.61. The predicted molar refractivity (Wildman–Crippen MR) is 73.3 cm³/mol. The van der Waals surface area contributed by atoms with Gasteiger partial charge >= 0.3 is 0 Å². The van der Waals surface area contributed by atoms with Crippen molar-refractivity contribution in [3.05, 3.63) is 39.4 Å². The number of fused-ring (bicyclic) bond motifs is 2. The Kier molecular flexibility index (Phi) is 1.68. The Balaban J connectivity index is 2.26. The van der Waals surface area contributed by atoms with E-state index in [0.29, 0.717) is 32.9 Å². The summed E-state index contributed by atoms with van der Waals surface area (Å²) < 4.78 is 40.5. The van der Waals surface area contributed by atoms with E-state index in [1.54, 1.807) is 13.0 Å². The second-order valence-corrected chi connectivity index (χ2v) is 5.06. The van der Waals surface area contributed by atoms with Crippen LogP contribution in [-0.2, 0) is 11.2 Å². The van der Waals surface area contributed by atoms with Crippen LogP contribution in [0.1, 0.15) is 42.7 Å². The molecule has 1 unspecified atom stereocenters. The number of halogens is 1. The van der Waals surface area contributed by atoms with Crippen LogP contribution in [0.25, 0.3) is 5.57 Å². The first-order valence-corrected chi connectivity index (χ1v) is 6.17. The molecule has 2 N–H and O–H groups in total. The van der Waals surface area contributed by atoms with Gasteiger partial charge in [-0.15, -0.1) is 0 Å². The molecule has 0 saturated carbocycles. The van der Waals surface area contributed by atoms with Crippen LogP contribution in [0.15, 0.2) is 17.7 Å². The van der Waals surface area contributed by atoms with E-state index in [-0.39, 0.29) is 18.9 Å². The normalized spacial score (nSPS) is 31.4. The molecule has 0 aliphatic heterocycles. The lowest BCUT2D eigenvalue weighted by Crippen LogP contribution is -2.27. The van der Waals surface area contributed by atoms with Crippen LogP contribution >= 0.6 is 11.6 Å². The van der Waals surface area contributed by atoms with Crippen LogP contribution in [0.5, 0.6) is 0 Å². The number of primary amides is 1.